The van der Waals surface area contributed by atoms with E-state index >= 15 is 0 Å². The van der Waals surface area contributed by atoms with Crippen molar-refractivity contribution in [1.29, 1.82) is 0 Å². The van der Waals surface area contributed by atoms with Gasteiger partial charge in [0.1, 0.15) is 0 Å². The molecule has 17 heavy (non-hydrogen) atoms. The van der Waals surface area contributed by atoms with Crippen LogP contribution in [0, 0.1) is 12.3 Å². The summed E-state index contributed by atoms with van der Waals surface area (Å²) in [6.45, 7) is 2.90. The molecule has 3 heteroatoms. The van der Waals surface area contributed by atoms with E-state index in [1.54, 1.807) is 0 Å². The first-order valence-corrected chi connectivity index (χ1v) is 5.88. The molecule has 0 aromatic heterocycles. The van der Waals surface area contributed by atoms with E-state index in [9.17, 15) is 4.79 Å². The van der Waals surface area contributed by atoms with Crippen LogP contribution >= 0.6 is 0 Å². The molecular weight excluding hydrogens is 212 g/mol. The number of hydrogen-bond acceptors (Lipinski definition) is 2. The van der Waals surface area contributed by atoms with Crippen molar-refractivity contribution in [3.8, 4) is 12.3 Å². The van der Waals surface area contributed by atoms with Crippen molar-refractivity contribution in [3.63, 3.8) is 0 Å². The molecule has 1 aromatic rings. The number of benzene rings is 1. The van der Waals surface area contributed by atoms with Crippen molar-refractivity contribution in [2.24, 2.45) is 0 Å². The van der Waals surface area contributed by atoms with Crippen molar-refractivity contribution in [2.75, 3.05) is 11.9 Å². The van der Waals surface area contributed by atoms with Crippen LogP contribution in [-0.4, -0.2) is 18.5 Å². The highest BCUT2D eigenvalue weighted by molar-refractivity contribution is 5.95. The van der Waals surface area contributed by atoms with Gasteiger partial charge in [-0.15, -0.1) is 6.42 Å². The molecule has 1 atom stereocenters. The maximum atomic E-state index is 11.9. The maximum Gasteiger partial charge on any atom is 0.252 e. The molecule has 0 fully saturated rings. The number of nitrogens with one attached hydrogen (secondary N) is 2. The Labute approximate surface area is 102 Å². The molecule has 88 valence electrons. The van der Waals surface area contributed by atoms with Crippen LogP contribution in [0.3, 0.4) is 0 Å². The minimum atomic E-state index is -0.191. The Morgan fingerprint density at radius 1 is 1.65 bits per heavy atom. The Morgan fingerprint density at radius 2 is 2.47 bits per heavy atom. The third-order valence-corrected chi connectivity index (χ3v) is 3.00. The van der Waals surface area contributed by atoms with Crippen LogP contribution in [0.25, 0.3) is 0 Å². The SMILES string of the molecule is C#CC(CC)NC(=O)c1ccc2c(c1)NCC2. The smallest absolute Gasteiger partial charge is 0.252 e. The molecule has 2 rings (SSSR count). The molecule has 0 aliphatic carbocycles. The van der Waals surface area contributed by atoms with Crippen LogP contribution in [-0.2, 0) is 6.42 Å². The number of carbonyl (C=O) groups excluding carboxylic acids is 1. The average Bonchev–Trinajstić information content (AvgIpc) is 2.82. The second-order valence-electron chi connectivity index (χ2n) is 4.15. The summed E-state index contributed by atoms with van der Waals surface area (Å²) in [6.07, 6.45) is 7.09. The lowest BCUT2D eigenvalue weighted by Crippen LogP contribution is -2.33. The summed E-state index contributed by atoms with van der Waals surface area (Å²) in [7, 11) is 0. The van der Waals surface area contributed by atoms with Gasteiger partial charge in [0.05, 0.1) is 6.04 Å². The van der Waals surface area contributed by atoms with Gasteiger partial charge in [-0.25, -0.2) is 0 Å². The van der Waals surface area contributed by atoms with Gasteiger partial charge in [0.2, 0.25) is 0 Å². The van der Waals surface area contributed by atoms with Crippen LogP contribution in [0.15, 0.2) is 18.2 Å². The molecule has 0 spiro atoms. The fraction of sp³-hybridized carbons (Fsp3) is 0.357. The van der Waals surface area contributed by atoms with E-state index in [1.807, 2.05) is 25.1 Å². The van der Waals surface area contributed by atoms with Crippen molar-refractivity contribution in [2.45, 2.75) is 25.8 Å². The average molecular weight is 228 g/mol. The first kappa shape index (κ1) is 11.5. The lowest BCUT2D eigenvalue weighted by Gasteiger charge is -2.11. The molecule has 0 bridgehead atoms. The Kier molecular flexibility index (Phi) is 3.34. The fourth-order valence-electron chi connectivity index (χ4n) is 1.94. The normalized spacial score (nSPS) is 14.4. The van der Waals surface area contributed by atoms with Gasteiger partial charge in [-0.2, -0.15) is 0 Å². The highest BCUT2D eigenvalue weighted by atomic mass is 16.1. The van der Waals surface area contributed by atoms with E-state index in [0.717, 1.165) is 25.1 Å². The zero-order chi connectivity index (χ0) is 12.3. The lowest BCUT2D eigenvalue weighted by molar-refractivity contribution is 0.0945. The van der Waals surface area contributed by atoms with Gasteiger partial charge < -0.3 is 10.6 Å². The molecule has 0 saturated carbocycles. The molecule has 1 aromatic carbocycles. The van der Waals surface area contributed by atoms with Crippen LogP contribution in [0.4, 0.5) is 5.69 Å². The number of fused-ring (bicyclic) bond motifs is 1. The van der Waals surface area contributed by atoms with Crippen molar-refractivity contribution >= 4 is 11.6 Å². The number of carbonyl (C=O) groups is 1. The number of amides is 1. The van der Waals surface area contributed by atoms with Gasteiger partial charge in [0.25, 0.3) is 5.91 Å². The van der Waals surface area contributed by atoms with Gasteiger partial charge >= 0.3 is 0 Å². The highest BCUT2D eigenvalue weighted by Crippen LogP contribution is 2.23. The Morgan fingerprint density at radius 3 is 3.18 bits per heavy atom. The minimum absolute atomic E-state index is 0.105. The van der Waals surface area contributed by atoms with Crippen molar-refractivity contribution in [3.05, 3.63) is 29.3 Å². The number of anilines is 1. The Balaban J connectivity index is 2.12. The molecule has 1 aliphatic rings. The summed E-state index contributed by atoms with van der Waals surface area (Å²) in [6, 6.07) is 5.55. The molecule has 0 saturated heterocycles. The lowest BCUT2D eigenvalue weighted by atomic mass is 10.1. The zero-order valence-electron chi connectivity index (χ0n) is 9.92. The summed E-state index contributed by atoms with van der Waals surface area (Å²) in [5, 5.41) is 6.08. The topological polar surface area (TPSA) is 41.1 Å². The van der Waals surface area contributed by atoms with Gasteiger partial charge in [-0.1, -0.05) is 18.9 Å². The number of rotatable bonds is 3. The first-order valence-electron chi connectivity index (χ1n) is 5.88. The van der Waals surface area contributed by atoms with E-state index in [0.29, 0.717) is 5.56 Å². The van der Waals surface area contributed by atoms with Crippen LogP contribution in [0.5, 0.6) is 0 Å². The molecule has 1 aliphatic heterocycles. The van der Waals surface area contributed by atoms with E-state index in [4.69, 9.17) is 6.42 Å². The van der Waals surface area contributed by atoms with Crippen molar-refractivity contribution in [1.82, 2.24) is 5.32 Å². The first-order chi connectivity index (χ1) is 8.24. The third-order valence-electron chi connectivity index (χ3n) is 3.00. The minimum Gasteiger partial charge on any atom is -0.384 e. The molecule has 2 N–H and O–H groups in total. The summed E-state index contributed by atoms with van der Waals surface area (Å²) in [5.41, 5.74) is 2.99. The van der Waals surface area contributed by atoms with E-state index in [-0.39, 0.29) is 11.9 Å². The summed E-state index contributed by atoms with van der Waals surface area (Å²) >= 11 is 0. The third kappa shape index (κ3) is 2.42. The van der Waals surface area contributed by atoms with Gasteiger partial charge in [-0.3, -0.25) is 4.79 Å². The second-order valence-corrected chi connectivity index (χ2v) is 4.15. The fourth-order valence-corrected chi connectivity index (χ4v) is 1.94. The van der Waals surface area contributed by atoms with Crippen LogP contribution in [0.2, 0.25) is 0 Å². The van der Waals surface area contributed by atoms with E-state index in [2.05, 4.69) is 16.6 Å². The van der Waals surface area contributed by atoms with Gasteiger partial charge in [0.15, 0.2) is 0 Å². The summed E-state index contributed by atoms with van der Waals surface area (Å²) < 4.78 is 0. The Bertz CT molecular complexity index is 474. The molecule has 1 amide bonds. The molecule has 1 unspecified atom stereocenters. The second kappa shape index (κ2) is 4.92. The highest BCUT2D eigenvalue weighted by Gasteiger charge is 2.14. The number of hydrogen-bond donors (Lipinski definition) is 2. The van der Waals surface area contributed by atoms with Crippen LogP contribution in [0.1, 0.15) is 29.3 Å². The predicted octanol–water partition coefficient (Wildman–Crippen LogP) is 1.80. The molecular formula is C14H16N2O. The maximum absolute atomic E-state index is 11.9. The summed E-state index contributed by atoms with van der Waals surface area (Å²) in [5.74, 6) is 2.45. The zero-order valence-corrected chi connectivity index (χ0v) is 9.92. The molecule has 0 radical (unpaired) electrons. The predicted molar refractivity (Wildman–Crippen MR) is 69.0 cm³/mol. The monoisotopic (exact) mass is 228 g/mol. The summed E-state index contributed by atoms with van der Waals surface area (Å²) in [4.78, 5) is 11.9. The number of terminal acetylenes is 1. The van der Waals surface area contributed by atoms with Crippen molar-refractivity contribution < 1.29 is 4.79 Å². The molecule has 3 nitrogen and oxygen atoms in total. The van der Waals surface area contributed by atoms with Gasteiger partial charge in [0, 0.05) is 17.8 Å². The van der Waals surface area contributed by atoms with E-state index in [1.165, 1.54) is 5.56 Å². The van der Waals surface area contributed by atoms with Crippen LogP contribution < -0.4 is 10.6 Å². The largest absolute Gasteiger partial charge is 0.384 e. The van der Waals surface area contributed by atoms with Gasteiger partial charge in [-0.05, 0) is 30.5 Å². The Hall–Kier alpha value is -1.95. The van der Waals surface area contributed by atoms with E-state index < -0.39 is 0 Å². The quantitative estimate of drug-likeness (QED) is 0.774. The standard InChI is InChI=1S/C14H16N2O/c1-3-12(4-2)16-14(17)11-6-5-10-7-8-15-13(10)9-11/h1,5-6,9,12,15H,4,7-8H2,2H3,(H,16,17). The molecule has 1 heterocycles.